The van der Waals surface area contributed by atoms with E-state index in [0.29, 0.717) is 0 Å². The first-order valence-corrected chi connectivity index (χ1v) is 6.53. The molecule has 1 heterocycles. The summed E-state index contributed by atoms with van der Waals surface area (Å²) in [7, 11) is 1.63. The van der Waals surface area contributed by atoms with Crippen LogP contribution in [0.25, 0.3) is 20.2 Å². The van der Waals surface area contributed by atoms with Gasteiger partial charge in [-0.3, -0.25) is 4.79 Å². The minimum absolute atomic E-state index is 0.0933. The fourth-order valence-corrected chi connectivity index (χ4v) is 3.39. The Morgan fingerprint density at radius 3 is 2.61 bits per heavy atom. The van der Waals surface area contributed by atoms with Crippen molar-refractivity contribution in [3.63, 3.8) is 0 Å². The predicted molar refractivity (Wildman–Crippen MR) is 76.9 cm³/mol. The molecular formula is C15H12O2S. The molecule has 0 aliphatic carbocycles. The highest BCUT2D eigenvalue weighted by atomic mass is 32.1. The van der Waals surface area contributed by atoms with Crippen molar-refractivity contribution in [3.05, 3.63) is 52.2 Å². The topological polar surface area (TPSA) is 26.3 Å². The van der Waals surface area contributed by atoms with E-state index in [1.807, 2.05) is 43.3 Å². The Bertz CT molecular complexity index is 803. The number of aryl methyl sites for hydroxylation is 1. The first-order valence-electron chi connectivity index (χ1n) is 5.71. The van der Waals surface area contributed by atoms with E-state index in [1.165, 1.54) is 0 Å². The summed E-state index contributed by atoms with van der Waals surface area (Å²) in [6.07, 6.45) is 0. The lowest BCUT2D eigenvalue weighted by Crippen LogP contribution is -2.03. The lowest BCUT2D eigenvalue weighted by Gasteiger charge is -2.08. The molecule has 3 heteroatoms. The molecule has 0 bridgehead atoms. The van der Waals surface area contributed by atoms with Gasteiger partial charge in [0.2, 0.25) is 0 Å². The number of ether oxygens (including phenoxy) is 1. The molecule has 0 unspecified atom stereocenters. The van der Waals surface area contributed by atoms with Crippen LogP contribution in [0.2, 0.25) is 0 Å². The van der Waals surface area contributed by atoms with Crippen LogP contribution in [0, 0.1) is 6.92 Å². The number of hydrogen-bond donors (Lipinski definition) is 0. The molecule has 0 amide bonds. The van der Waals surface area contributed by atoms with Crippen LogP contribution in [0.1, 0.15) is 5.56 Å². The Morgan fingerprint density at radius 2 is 1.83 bits per heavy atom. The fraction of sp³-hybridized carbons (Fsp3) is 0.133. The quantitative estimate of drug-likeness (QED) is 0.620. The Balaban J connectivity index is 2.57. The van der Waals surface area contributed by atoms with Crippen LogP contribution in [-0.2, 0) is 0 Å². The second kappa shape index (κ2) is 4.10. The minimum atomic E-state index is 0.0933. The number of rotatable bonds is 1. The van der Waals surface area contributed by atoms with Gasteiger partial charge in [-0.15, -0.1) is 11.3 Å². The molecule has 0 spiro atoms. The highest BCUT2D eigenvalue weighted by molar-refractivity contribution is 7.24. The summed E-state index contributed by atoms with van der Waals surface area (Å²) >= 11 is 1.64. The van der Waals surface area contributed by atoms with Crippen molar-refractivity contribution in [1.29, 1.82) is 0 Å². The van der Waals surface area contributed by atoms with Crippen LogP contribution in [0.5, 0.6) is 5.75 Å². The van der Waals surface area contributed by atoms with Crippen LogP contribution in [-0.4, -0.2) is 7.11 Å². The maximum Gasteiger partial charge on any atom is 0.196 e. The normalized spacial score (nSPS) is 11.0. The van der Waals surface area contributed by atoms with Gasteiger partial charge >= 0.3 is 0 Å². The van der Waals surface area contributed by atoms with E-state index in [4.69, 9.17) is 4.74 Å². The molecule has 0 atom stereocenters. The highest BCUT2D eigenvalue weighted by Gasteiger charge is 2.10. The predicted octanol–water partition coefficient (Wildman–Crippen LogP) is 3.73. The maximum absolute atomic E-state index is 12.5. The van der Waals surface area contributed by atoms with E-state index >= 15 is 0 Å². The van der Waals surface area contributed by atoms with Crippen LogP contribution in [0.15, 0.2) is 41.2 Å². The number of hydrogen-bond acceptors (Lipinski definition) is 3. The van der Waals surface area contributed by atoms with Gasteiger partial charge in [-0.1, -0.05) is 12.1 Å². The first kappa shape index (κ1) is 11.2. The zero-order chi connectivity index (χ0) is 12.7. The molecule has 3 rings (SSSR count). The van der Waals surface area contributed by atoms with Crippen molar-refractivity contribution in [1.82, 2.24) is 0 Å². The molecule has 0 aliphatic rings. The Hall–Kier alpha value is -1.87. The summed E-state index contributed by atoms with van der Waals surface area (Å²) in [6, 6.07) is 11.6. The van der Waals surface area contributed by atoms with Crippen molar-refractivity contribution in [3.8, 4) is 5.75 Å². The summed E-state index contributed by atoms with van der Waals surface area (Å²) in [4.78, 5) is 12.5. The molecule has 3 aromatic rings. The van der Waals surface area contributed by atoms with Crippen LogP contribution in [0.3, 0.4) is 0 Å². The molecule has 0 N–H and O–H groups in total. The number of fused-ring (bicyclic) bond motifs is 2. The van der Waals surface area contributed by atoms with Gasteiger partial charge in [0, 0.05) is 25.7 Å². The average molecular weight is 256 g/mol. The van der Waals surface area contributed by atoms with Crippen molar-refractivity contribution < 1.29 is 4.74 Å². The zero-order valence-corrected chi connectivity index (χ0v) is 11.0. The van der Waals surface area contributed by atoms with Crippen LogP contribution >= 0.6 is 11.3 Å². The van der Waals surface area contributed by atoms with Gasteiger partial charge in [-0.25, -0.2) is 0 Å². The summed E-state index contributed by atoms with van der Waals surface area (Å²) in [6.45, 7) is 1.93. The lowest BCUT2D eigenvalue weighted by molar-refractivity contribution is 0.412. The third-order valence-electron chi connectivity index (χ3n) is 3.18. The maximum atomic E-state index is 12.5. The summed E-state index contributed by atoms with van der Waals surface area (Å²) in [5.74, 6) is 0.766. The van der Waals surface area contributed by atoms with E-state index in [9.17, 15) is 4.79 Å². The largest absolute Gasteiger partial charge is 0.496 e. The van der Waals surface area contributed by atoms with Crippen molar-refractivity contribution in [2.75, 3.05) is 7.11 Å². The van der Waals surface area contributed by atoms with Gasteiger partial charge in [0.15, 0.2) is 5.43 Å². The van der Waals surface area contributed by atoms with E-state index in [-0.39, 0.29) is 5.43 Å². The second-order valence-electron chi connectivity index (χ2n) is 4.19. The van der Waals surface area contributed by atoms with E-state index in [2.05, 4.69) is 0 Å². The van der Waals surface area contributed by atoms with E-state index in [0.717, 1.165) is 31.5 Å². The lowest BCUT2D eigenvalue weighted by atomic mass is 10.1. The monoisotopic (exact) mass is 256 g/mol. The molecule has 0 radical (unpaired) electrons. The van der Waals surface area contributed by atoms with Gasteiger partial charge in [-0.05, 0) is 31.2 Å². The third kappa shape index (κ3) is 1.51. The molecule has 2 nitrogen and oxygen atoms in total. The Morgan fingerprint density at radius 1 is 1.06 bits per heavy atom. The number of benzene rings is 2. The molecule has 18 heavy (non-hydrogen) atoms. The van der Waals surface area contributed by atoms with Gasteiger partial charge in [0.1, 0.15) is 5.75 Å². The Labute approximate surface area is 108 Å². The van der Waals surface area contributed by atoms with Gasteiger partial charge in [-0.2, -0.15) is 0 Å². The average Bonchev–Trinajstić information content (AvgIpc) is 2.39. The molecule has 0 aliphatic heterocycles. The van der Waals surface area contributed by atoms with Crippen LogP contribution in [0.4, 0.5) is 0 Å². The smallest absolute Gasteiger partial charge is 0.196 e. The summed E-state index contributed by atoms with van der Waals surface area (Å²) in [5.41, 5.74) is 1.01. The van der Waals surface area contributed by atoms with Crippen molar-refractivity contribution in [2.45, 2.75) is 6.92 Å². The van der Waals surface area contributed by atoms with E-state index in [1.54, 1.807) is 18.4 Å². The highest BCUT2D eigenvalue weighted by Crippen LogP contribution is 2.30. The van der Waals surface area contributed by atoms with Crippen LogP contribution < -0.4 is 10.2 Å². The first-order chi connectivity index (χ1) is 8.72. The zero-order valence-electron chi connectivity index (χ0n) is 10.2. The second-order valence-corrected chi connectivity index (χ2v) is 5.28. The van der Waals surface area contributed by atoms with E-state index < -0.39 is 0 Å². The molecule has 0 saturated carbocycles. The third-order valence-corrected chi connectivity index (χ3v) is 4.31. The molecular weight excluding hydrogens is 244 g/mol. The standard InChI is InChI=1S/C15H12O2S/c1-9-11(17-2)7-8-13-14(9)15(16)10-5-3-4-6-12(10)18-13/h3-8H,1-2H3. The van der Waals surface area contributed by atoms with Crippen molar-refractivity contribution >= 4 is 31.5 Å². The van der Waals surface area contributed by atoms with Gasteiger partial charge < -0.3 is 4.74 Å². The van der Waals surface area contributed by atoms with Gasteiger partial charge in [0.25, 0.3) is 0 Å². The molecule has 0 fully saturated rings. The summed E-state index contributed by atoms with van der Waals surface area (Å²) < 4.78 is 7.32. The fourth-order valence-electron chi connectivity index (χ4n) is 2.25. The number of methoxy groups -OCH3 is 1. The Kier molecular flexibility index (Phi) is 2.56. The van der Waals surface area contributed by atoms with Crippen molar-refractivity contribution in [2.24, 2.45) is 0 Å². The molecule has 0 saturated heterocycles. The minimum Gasteiger partial charge on any atom is -0.496 e. The molecule has 1 aromatic heterocycles. The SMILES string of the molecule is COc1ccc2sc3ccccc3c(=O)c2c1C. The molecule has 2 aromatic carbocycles. The molecule has 90 valence electrons. The van der Waals surface area contributed by atoms with Gasteiger partial charge in [0.05, 0.1) is 7.11 Å². The summed E-state index contributed by atoms with van der Waals surface area (Å²) in [5, 5.41) is 1.56.